The summed E-state index contributed by atoms with van der Waals surface area (Å²) in [6, 6.07) is 2.15. The van der Waals surface area contributed by atoms with Crippen LogP contribution in [-0.2, 0) is 20.0 Å². The number of rotatable bonds is 5. The Labute approximate surface area is 108 Å². The Hall–Kier alpha value is -0.650. The summed E-state index contributed by atoms with van der Waals surface area (Å²) in [5.41, 5.74) is 1.33. The third-order valence-corrected chi connectivity index (χ3v) is 3.95. The number of nitrogens with one attached hydrogen (secondary N) is 1. The van der Waals surface area contributed by atoms with Gasteiger partial charge in [-0.05, 0) is 32.9 Å². The van der Waals surface area contributed by atoms with E-state index < -0.39 is 0 Å². The van der Waals surface area contributed by atoms with E-state index in [1.54, 1.807) is 11.3 Å². The van der Waals surface area contributed by atoms with E-state index in [1.165, 1.54) is 9.35 Å². The topological polar surface area (TPSA) is 29.9 Å². The van der Waals surface area contributed by atoms with E-state index in [2.05, 4.69) is 42.2 Å². The molecule has 2 aromatic rings. The number of aryl methyl sites for hydroxylation is 1. The lowest BCUT2D eigenvalue weighted by Crippen LogP contribution is -2.17. The second-order valence-corrected chi connectivity index (χ2v) is 5.93. The predicted octanol–water partition coefficient (Wildman–Crippen LogP) is 2.58. The summed E-state index contributed by atoms with van der Waals surface area (Å²) in [5.74, 6) is 1.12. The molecule has 0 atom stereocenters. The van der Waals surface area contributed by atoms with Gasteiger partial charge in [-0.25, -0.2) is 4.98 Å². The van der Waals surface area contributed by atoms with Crippen LogP contribution in [0.25, 0.3) is 0 Å². The summed E-state index contributed by atoms with van der Waals surface area (Å²) in [6.07, 6.45) is 4.78. The normalized spacial score (nSPS) is 10.9. The van der Waals surface area contributed by atoms with E-state index in [4.69, 9.17) is 0 Å². The van der Waals surface area contributed by atoms with Gasteiger partial charge in [-0.2, -0.15) is 0 Å². The number of hydrogen-bond donors (Lipinski definition) is 1. The molecule has 0 amide bonds. The number of nitrogens with zero attached hydrogens (tertiary/aromatic N) is 2. The maximum Gasteiger partial charge on any atom is 0.109 e. The fraction of sp³-hybridized carbons (Fsp3) is 0.364. The lowest BCUT2D eigenvalue weighted by molar-refractivity contribution is 0.656. The molecule has 86 valence electrons. The van der Waals surface area contributed by atoms with E-state index in [-0.39, 0.29) is 0 Å². The van der Waals surface area contributed by atoms with Gasteiger partial charge in [-0.3, -0.25) is 0 Å². The van der Waals surface area contributed by atoms with Crippen LogP contribution in [0.3, 0.4) is 0 Å². The van der Waals surface area contributed by atoms with Crippen molar-refractivity contribution in [3.63, 3.8) is 0 Å². The van der Waals surface area contributed by atoms with Crippen molar-refractivity contribution in [1.82, 2.24) is 14.9 Å². The second-order valence-electron chi connectivity index (χ2n) is 3.64. The van der Waals surface area contributed by atoms with E-state index in [0.29, 0.717) is 0 Å². The summed E-state index contributed by atoms with van der Waals surface area (Å²) in [6.45, 7) is 1.88. The maximum atomic E-state index is 4.28. The third-order valence-electron chi connectivity index (χ3n) is 2.40. The molecule has 2 rings (SSSR count). The first-order valence-electron chi connectivity index (χ1n) is 5.15. The van der Waals surface area contributed by atoms with Gasteiger partial charge < -0.3 is 9.88 Å². The van der Waals surface area contributed by atoms with Crippen molar-refractivity contribution in [1.29, 1.82) is 0 Å². The Morgan fingerprint density at radius 2 is 2.44 bits per heavy atom. The number of halogens is 1. The fourth-order valence-corrected chi connectivity index (χ4v) is 2.72. The summed E-state index contributed by atoms with van der Waals surface area (Å²) < 4.78 is 3.25. The molecule has 0 aliphatic heterocycles. The highest BCUT2D eigenvalue weighted by atomic mass is 79.9. The molecule has 0 saturated heterocycles. The molecule has 1 N–H and O–H groups in total. The molecule has 0 aliphatic carbocycles. The predicted molar refractivity (Wildman–Crippen MR) is 70.6 cm³/mol. The molecule has 16 heavy (non-hydrogen) atoms. The minimum atomic E-state index is 0.923. The maximum absolute atomic E-state index is 4.28. The molecular weight excluding hydrogens is 286 g/mol. The minimum Gasteiger partial charge on any atom is -0.338 e. The van der Waals surface area contributed by atoms with E-state index in [9.17, 15) is 0 Å². The monoisotopic (exact) mass is 299 g/mol. The van der Waals surface area contributed by atoms with Gasteiger partial charge in [0.25, 0.3) is 0 Å². The summed E-state index contributed by atoms with van der Waals surface area (Å²) in [5, 5.41) is 5.58. The number of imidazole rings is 1. The number of hydrogen-bond acceptors (Lipinski definition) is 3. The second kappa shape index (κ2) is 5.61. The quantitative estimate of drug-likeness (QED) is 0.860. The standard InChI is InChI=1S/C11H14BrN3S/c1-15-5-4-14-11(15)2-3-13-7-9-6-10(12)16-8-9/h4-6,8,13H,2-3,7H2,1H3. The highest BCUT2D eigenvalue weighted by molar-refractivity contribution is 9.11. The Balaban J connectivity index is 1.71. The van der Waals surface area contributed by atoms with Crippen LogP contribution in [0.4, 0.5) is 0 Å². The lowest BCUT2D eigenvalue weighted by Gasteiger charge is -2.03. The van der Waals surface area contributed by atoms with Crippen LogP contribution in [0.5, 0.6) is 0 Å². The lowest BCUT2D eigenvalue weighted by atomic mass is 10.3. The van der Waals surface area contributed by atoms with E-state index in [0.717, 1.165) is 25.3 Å². The highest BCUT2D eigenvalue weighted by Crippen LogP contribution is 2.20. The molecule has 0 unspecified atom stereocenters. The Morgan fingerprint density at radius 3 is 3.06 bits per heavy atom. The largest absolute Gasteiger partial charge is 0.338 e. The van der Waals surface area contributed by atoms with Gasteiger partial charge in [0.2, 0.25) is 0 Å². The molecule has 5 heteroatoms. The zero-order valence-electron chi connectivity index (χ0n) is 9.11. The molecule has 0 saturated carbocycles. The first kappa shape index (κ1) is 11.8. The third kappa shape index (κ3) is 3.17. The van der Waals surface area contributed by atoms with Crippen molar-refractivity contribution in [3.05, 3.63) is 39.0 Å². The molecule has 0 aliphatic rings. The summed E-state index contributed by atoms with van der Waals surface area (Å²) in [4.78, 5) is 4.28. The average molecular weight is 300 g/mol. The number of thiophene rings is 1. The van der Waals surface area contributed by atoms with Crippen LogP contribution >= 0.6 is 27.3 Å². The van der Waals surface area contributed by atoms with Crippen LogP contribution in [-0.4, -0.2) is 16.1 Å². The van der Waals surface area contributed by atoms with Crippen molar-refractivity contribution < 1.29 is 0 Å². The van der Waals surface area contributed by atoms with Gasteiger partial charge in [0, 0.05) is 39.0 Å². The molecule has 0 radical (unpaired) electrons. The van der Waals surface area contributed by atoms with Crippen molar-refractivity contribution in [2.45, 2.75) is 13.0 Å². The van der Waals surface area contributed by atoms with Gasteiger partial charge in [-0.15, -0.1) is 11.3 Å². The zero-order chi connectivity index (χ0) is 11.4. The molecule has 3 nitrogen and oxygen atoms in total. The molecule has 0 spiro atoms. The van der Waals surface area contributed by atoms with Crippen molar-refractivity contribution >= 4 is 27.3 Å². The molecule has 0 bridgehead atoms. The van der Waals surface area contributed by atoms with Gasteiger partial charge in [0.1, 0.15) is 5.82 Å². The van der Waals surface area contributed by atoms with Crippen LogP contribution in [0.2, 0.25) is 0 Å². The Kier molecular flexibility index (Phi) is 4.15. The van der Waals surface area contributed by atoms with Gasteiger partial charge >= 0.3 is 0 Å². The molecule has 2 aromatic heterocycles. The first-order valence-corrected chi connectivity index (χ1v) is 6.83. The van der Waals surface area contributed by atoms with E-state index >= 15 is 0 Å². The van der Waals surface area contributed by atoms with Gasteiger partial charge in [0.15, 0.2) is 0 Å². The number of aromatic nitrogens is 2. The van der Waals surface area contributed by atoms with Gasteiger partial charge in [0.05, 0.1) is 3.79 Å². The smallest absolute Gasteiger partial charge is 0.109 e. The summed E-state index contributed by atoms with van der Waals surface area (Å²) >= 11 is 5.18. The Bertz CT molecular complexity index is 450. The van der Waals surface area contributed by atoms with Crippen LogP contribution < -0.4 is 5.32 Å². The van der Waals surface area contributed by atoms with Crippen molar-refractivity contribution in [2.75, 3.05) is 6.54 Å². The summed E-state index contributed by atoms with van der Waals surface area (Å²) in [7, 11) is 2.03. The minimum absolute atomic E-state index is 0.923. The Morgan fingerprint density at radius 1 is 1.56 bits per heavy atom. The molecule has 2 heterocycles. The SMILES string of the molecule is Cn1ccnc1CCNCc1csc(Br)c1. The first-order chi connectivity index (χ1) is 7.75. The van der Waals surface area contributed by atoms with Crippen molar-refractivity contribution in [3.8, 4) is 0 Å². The van der Waals surface area contributed by atoms with E-state index in [1.807, 2.05) is 19.4 Å². The molecule has 0 aromatic carbocycles. The molecular formula is C11H14BrN3S. The van der Waals surface area contributed by atoms with Crippen LogP contribution in [0.15, 0.2) is 27.6 Å². The van der Waals surface area contributed by atoms with Crippen LogP contribution in [0.1, 0.15) is 11.4 Å². The highest BCUT2D eigenvalue weighted by Gasteiger charge is 1.99. The van der Waals surface area contributed by atoms with Gasteiger partial charge in [-0.1, -0.05) is 0 Å². The van der Waals surface area contributed by atoms with Crippen molar-refractivity contribution in [2.24, 2.45) is 7.05 Å². The zero-order valence-corrected chi connectivity index (χ0v) is 11.5. The van der Waals surface area contributed by atoms with Crippen LogP contribution in [0, 0.1) is 0 Å². The average Bonchev–Trinajstić information content (AvgIpc) is 2.83. The fourth-order valence-electron chi connectivity index (χ4n) is 1.51. The molecule has 0 fully saturated rings.